The van der Waals surface area contributed by atoms with E-state index in [1.54, 1.807) is 48.5 Å². The Hall–Kier alpha value is -5.92. The zero-order chi connectivity index (χ0) is 73.4. The lowest BCUT2D eigenvalue weighted by Gasteiger charge is -2.55. The highest BCUT2D eigenvalue weighted by molar-refractivity contribution is 7.92. The smallest absolute Gasteiger partial charge is 0.485 e. The van der Waals surface area contributed by atoms with Gasteiger partial charge in [0.2, 0.25) is 0 Å². The number of thiophene rings is 2. The zero-order valence-electron chi connectivity index (χ0n) is 52.3. The van der Waals surface area contributed by atoms with Crippen LogP contribution in [0.3, 0.4) is 0 Å². The first-order chi connectivity index (χ1) is 45.9. The van der Waals surface area contributed by atoms with E-state index >= 15 is 0 Å². The number of benzene rings is 4. The van der Waals surface area contributed by atoms with Crippen LogP contribution in [0.5, 0.6) is 11.5 Å². The lowest BCUT2D eigenvalue weighted by Crippen LogP contribution is -2.75. The van der Waals surface area contributed by atoms with Gasteiger partial charge in [-0.05, 0) is 110 Å². The number of nitrogens with one attached hydrogen (secondary N) is 2. The number of sulfonamides is 2. The number of hydrogen-bond donors (Lipinski definition) is 4. The predicted molar refractivity (Wildman–Crippen MR) is 329 cm³/mol. The first-order valence-corrected chi connectivity index (χ1v) is 39.3. The summed E-state index contributed by atoms with van der Waals surface area (Å²) >= 11 is 1.81. The first kappa shape index (κ1) is 80.4. The van der Waals surface area contributed by atoms with Gasteiger partial charge in [-0.2, -0.15) is 46.3 Å². The molecule has 12 rings (SSSR count). The fourth-order valence-corrected chi connectivity index (χ4v) is 19.7. The number of halogens is 8. The maximum Gasteiger partial charge on any atom is 0.485 e. The minimum atomic E-state index is -6.09. The number of carboxylic acid groups (broad SMARTS) is 1. The standard InChI is InChI=1S/2C27H33FN5O6PS2.C2HF3O2.CHF3O3S/c2*28-24-17-20(2-3-21(24)19-30)27(40(34,35)36)31-42(37,38)26-18-22-16-23(4-5-25(22)41-26)39-15-14-33-11-8-32(9-12-33,10-13-33)7-1-6-29;3-2(4,5)1(6)7;2-1(3,4)8(5,6)7/h2*2-5,16-18,27,31H,1,6-15,29H2;(H,6,7);(H,5,6,7). The van der Waals surface area contributed by atoms with Gasteiger partial charge in [-0.15, -0.1) is 22.7 Å². The van der Waals surface area contributed by atoms with E-state index < -0.39 is 97.3 Å². The Morgan fingerprint density at radius 3 is 1.11 bits per heavy atom. The van der Waals surface area contributed by atoms with Gasteiger partial charge in [0.15, 0.2) is 10.1 Å². The number of aliphatic carboxylic acids is 1. The molecule has 4 bridgehead atoms. The molecule has 6 fully saturated rings. The summed E-state index contributed by atoms with van der Waals surface area (Å²) in [6.45, 7) is 21.3. The molecule has 0 radical (unpaired) electrons. The number of rotatable bonds is 24. The molecule has 2 atom stereocenters. The van der Waals surface area contributed by atoms with E-state index in [0.29, 0.717) is 57.0 Å². The highest BCUT2D eigenvalue weighted by atomic mass is 32.3. The Labute approximate surface area is 571 Å². The molecular weight excluding hydrogens is 1470 g/mol. The van der Waals surface area contributed by atoms with Crippen LogP contribution in [-0.2, 0) is 44.1 Å². The van der Waals surface area contributed by atoms with Crippen LogP contribution in [0.4, 0.5) is 35.1 Å². The number of quaternary nitrogens is 6. The number of fused-ring (bicyclic) bond motifs is 8. The van der Waals surface area contributed by atoms with Crippen LogP contribution < -0.4 is 55.1 Å². The second-order valence-corrected chi connectivity index (χ2v) is 34.7. The molecule has 2 aromatic heterocycles. The van der Waals surface area contributed by atoms with Crippen molar-refractivity contribution >= 4 is 94.2 Å². The predicted octanol–water partition coefficient (Wildman–Crippen LogP) is 0.299. The van der Waals surface area contributed by atoms with Gasteiger partial charge in [0.05, 0.1) is 48.9 Å². The fraction of sp³-hybridized carbons (Fsp3) is 0.456. The minimum absolute atomic E-state index is 0.206. The molecule has 0 spiro atoms. The maximum absolute atomic E-state index is 14.1. The van der Waals surface area contributed by atoms with Crippen molar-refractivity contribution in [2.45, 2.75) is 44.5 Å². The van der Waals surface area contributed by atoms with Crippen molar-refractivity contribution in [3.63, 3.8) is 0 Å². The van der Waals surface area contributed by atoms with Gasteiger partial charge in [0.25, 0.3) is 20.0 Å². The van der Waals surface area contributed by atoms with Gasteiger partial charge in [-0.1, -0.05) is 12.1 Å². The SMILES string of the molecule is N#Cc1ccc(C(NS(=O)(=O)c2cc3cc(OCC[N+]45CC[N+](CCC[NH3+])(CC4)CC5)ccc3s2)P(=O)([O-])[O-])cc1F.N#Cc1ccc(C(NS(=O)(=O)c2cc3cc(OCC[N+]45CC[N+](CCC[NH3+])(CC4)CC5)ccc3s2)P(=O)([O-])[O-])cc1F.O=C([O-])C(F)(F)F.O=S(=O)([O-])C(F)(F)F. The molecular formula is C57H68F8N10O17P2S5. The van der Waals surface area contributed by atoms with E-state index in [1.165, 1.54) is 86.3 Å². The van der Waals surface area contributed by atoms with Crippen molar-refractivity contribution in [2.24, 2.45) is 0 Å². The summed E-state index contributed by atoms with van der Waals surface area (Å²) in [5, 5.41) is 27.8. The average molecular weight is 1540 g/mol. The second-order valence-electron chi connectivity index (χ2n) is 24.1. The molecule has 99 heavy (non-hydrogen) atoms. The Bertz CT molecular complexity index is 4160. The van der Waals surface area contributed by atoms with Crippen molar-refractivity contribution in [1.29, 1.82) is 10.5 Å². The topological polar surface area (TPSA) is 437 Å². The maximum atomic E-state index is 14.1. The third-order valence-corrected chi connectivity index (χ3v) is 26.8. The van der Waals surface area contributed by atoms with Crippen LogP contribution in [0.25, 0.3) is 20.2 Å². The number of carbonyl (C=O) groups excluding carboxylic acids is 1. The number of alkyl halides is 6. The van der Waals surface area contributed by atoms with Crippen molar-refractivity contribution in [3.8, 4) is 23.6 Å². The molecule has 27 nitrogen and oxygen atoms in total. The number of carboxylic acids is 1. The number of nitriles is 2. The lowest BCUT2D eigenvalue weighted by molar-refractivity contribution is -1.08. The highest BCUT2D eigenvalue weighted by Gasteiger charge is 2.50. The van der Waals surface area contributed by atoms with Crippen LogP contribution in [0, 0.1) is 34.3 Å². The molecule has 4 aromatic carbocycles. The molecule has 8 N–H and O–H groups in total. The van der Waals surface area contributed by atoms with E-state index in [1.807, 2.05) is 9.44 Å². The van der Waals surface area contributed by atoms with Gasteiger partial charge < -0.3 is 82.0 Å². The lowest BCUT2D eigenvalue weighted by atomic mass is 10.1. The Morgan fingerprint density at radius 2 is 0.859 bits per heavy atom. The second kappa shape index (κ2) is 31.8. The molecule has 0 saturated carbocycles. The van der Waals surface area contributed by atoms with E-state index in [4.69, 9.17) is 42.9 Å². The molecule has 544 valence electrons. The third-order valence-electron chi connectivity index (χ3n) is 17.7. The summed E-state index contributed by atoms with van der Waals surface area (Å²) in [7, 11) is -26.3. The van der Waals surface area contributed by atoms with Crippen LogP contribution in [0.15, 0.2) is 93.3 Å². The summed E-state index contributed by atoms with van der Waals surface area (Å²) in [5.41, 5.74) is 0.752. The van der Waals surface area contributed by atoms with Crippen LogP contribution in [-0.4, -0.2) is 196 Å². The van der Waals surface area contributed by atoms with Crippen LogP contribution in [0.2, 0.25) is 0 Å². The number of ether oxygens (including phenoxy) is 2. The van der Waals surface area contributed by atoms with Crippen molar-refractivity contribution in [1.82, 2.24) is 9.44 Å². The van der Waals surface area contributed by atoms with E-state index in [0.717, 1.165) is 121 Å². The molecule has 2 unspecified atom stereocenters. The number of piperazine rings is 6. The summed E-state index contributed by atoms with van der Waals surface area (Å²) in [5.74, 6) is -8.45. The quantitative estimate of drug-likeness (QED) is 0.0208. The number of nitrogens with zero attached hydrogens (tertiary/aromatic N) is 6. The largest absolute Gasteiger partial charge is 0.809 e. The van der Waals surface area contributed by atoms with Gasteiger partial charge >= 0.3 is 11.7 Å². The van der Waals surface area contributed by atoms with E-state index in [9.17, 15) is 80.7 Å². The molecule has 0 amide bonds. The zero-order valence-corrected chi connectivity index (χ0v) is 58.2. The monoisotopic (exact) mass is 1540 g/mol. The van der Waals surface area contributed by atoms with Crippen molar-refractivity contribution < 1.29 is 142 Å². The molecule has 6 aliphatic heterocycles. The van der Waals surface area contributed by atoms with Gasteiger partial charge in [0.1, 0.15) is 154 Å². The minimum Gasteiger partial charge on any atom is -0.809 e. The average Bonchev–Trinajstić information content (AvgIpc) is 1.70. The highest BCUT2D eigenvalue weighted by Crippen LogP contribution is 2.46. The van der Waals surface area contributed by atoms with Gasteiger partial charge in [-0.3, -0.25) is 0 Å². The third kappa shape index (κ3) is 20.9. The van der Waals surface area contributed by atoms with Crippen molar-refractivity contribution in [2.75, 3.05) is 131 Å². The molecule has 8 heterocycles. The van der Waals surface area contributed by atoms with E-state index in [-0.39, 0.29) is 19.5 Å². The number of hydrogen-bond acceptors (Lipinski definition) is 21. The van der Waals surface area contributed by atoms with Gasteiger partial charge in [0, 0.05) is 22.2 Å². The summed E-state index contributed by atoms with van der Waals surface area (Å²) in [6, 6.07) is 21.8. The summed E-state index contributed by atoms with van der Waals surface area (Å²) in [6.07, 6.45) is -2.86. The summed E-state index contributed by atoms with van der Waals surface area (Å²) in [4.78, 5) is 56.7. The normalized spacial score (nSPS) is 21.5. The molecule has 6 aliphatic rings. The number of carbonyl (C=O) groups is 1. The van der Waals surface area contributed by atoms with Gasteiger partial charge in [-0.25, -0.2) is 34.0 Å². The molecule has 0 aliphatic carbocycles. The van der Waals surface area contributed by atoms with Crippen LogP contribution >= 0.6 is 37.9 Å². The first-order valence-electron chi connectivity index (χ1n) is 30.0. The summed E-state index contributed by atoms with van der Waals surface area (Å²) < 4.78 is 217. The molecule has 6 aromatic rings. The molecule has 6 saturated heterocycles. The van der Waals surface area contributed by atoms with Crippen molar-refractivity contribution in [3.05, 3.63) is 119 Å². The fourth-order valence-electron chi connectivity index (χ4n) is 11.9. The van der Waals surface area contributed by atoms with Crippen LogP contribution in [0.1, 0.15) is 46.7 Å². The Kier molecular flexibility index (Phi) is 25.8. The Morgan fingerprint density at radius 1 is 0.556 bits per heavy atom. The van der Waals surface area contributed by atoms with E-state index in [2.05, 4.69) is 11.5 Å². The Balaban J connectivity index is 0.000000230. The molecule has 42 heteroatoms.